The van der Waals surface area contributed by atoms with Crippen LogP contribution in [-0.2, 0) is 0 Å². The fourth-order valence-electron chi connectivity index (χ4n) is 2.39. The maximum Gasteiger partial charge on any atom is 0.434 e. The third-order valence-corrected chi connectivity index (χ3v) is 3.83. The number of halogens is 6. The first-order chi connectivity index (χ1) is 14.3. The van der Waals surface area contributed by atoms with Crippen LogP contribution in [0, 0.1) is 0 Å². The third-order valence-electron chi connectivity index (χ3n) is 3.83. The fraction of sp³-hybridized carbons (Fsp3) is 0.412. The minimum absolute atomic E-state index is 0.117. The van der Waals surface area contributed by atoms with Gasteiger partial charge in [0.1, 0.15) is 0 Å². The Hall–Kier alpha value is -3.32. The summed E-state index contributed by atoms with van der Waals surface area (Å²) in [5, 5.41) is 11.6. The number of alkyl halides is 6. The van der Waals surface area contributed by atoms with Crippen molar-refractivity contribution in [3.63, 3.8) is 0 Å². The molecule has 0 atom stereocenters. The van der Waals surface area contributed by atoms with Gasteiger partial charge in [0.25, 0.3) is 6.10 Å². The van der Waals surface area contributed by atoms with Crippen molar-refractivity contribution in [1.29, 1.82) is 0 Å². The van der Waals surface area contributed by atoms with E-state index in [9.17, 15) is 31.1 Å². The fourth-order valence-corrected chi connectivity index (χ4v) is 2.39. The molecule has 0 fully saturated rings. The van der Waals surface area contributed by atoms with Crippen molar-refractivity contribution in [2.75, 3.05) is 23.3 Å². The normalized spacial score (nSPS) is 12.0. The molecule has 8 nitrogen and oxygen atoms in total. The van der Waals surface area contributed by atoms with Crippen LogP contribution in [0.25, 0.3) is 0 Å². The molecule has 1 aromatic heterocycles. The van der Waals surface area contributed by atoms with Crippen LogP contribution in [0.3, 0.4) is 0 Å². The number of aromatic nitrogens is 3. The minimum Gasteiger partial charge on any atom is -0.478 e. The number of benzene rings is 1. The van der Waals surface area contributed by atoms with Crippen LogP contribution in [0.15, 0.2) is 24.3 Å². The summed E-state index contributed by atoms with van der Waals surface area (Å²) in [5.41, 5.74) is 0.0134. The standard InChI is InChI=1S/C17H17F6N5O3/c1-3-28(4-2)14-25-13(24-10-7-5-6-9(8-10)11(29)30)26-15(27-14)31-12(16(18,19)20)17(21,22)23/h5-8,12H,3-4H2,1-2H3,(H,29,30)(H,24,25,26,27). The van der Waals surface area contributed by atoms with Gasteiger partial charge >= 0.3 is 24.3 Å². The second kappa shape index (κ2) is 9.22. The molecule has 0 bridgehead atoms. The Labute approximate surface area is 171 Å². The van der Waals surface area contributed by atoms with Crippen molar-refractivity contribution in [3.05, 3.63) is 29.8 Å². The van der Waals surface area contributed by atoms with Crippen LogP contribution >= 0.6 is 0 Å². The van der Waals surface area contributed by atoms with Crippen molar-refractivity contribution >= 4 is 23.6 Å². The van der Waals surface area contributed by atoms with Crippen molar-refractivity contribution in [1.82, 2.24) is 15.0 Å². The van der Waals surface area contributed by atoms with Gasteiger partial charge in [-0.05, 0) is 32.0 Å². The highest BCUT2D eigenvalue weighted by Gasteiger charge is 2.59. The Balaban J connectivity index is 2.48. The van der Waals surface area contributed by atoms with Gasteiger partial charge in [-0.2, -0.15) is 41.3 Å². The highest BCUT2D eigenvalue weighted by molar-refractivity contribution is 5.89. The number of hydrogen-bond acceptors (Lipinski definition) is 7. The first-order valence-corrected chi connectivity index (χ1v) is 8.76. The molecule has 170 valence electrons. The van der Waals surface area contributed by atoms with Crippen molar-refractivity contribution in [3.8, 4) is 6.01 Å². The largest absolute Gasteiger partial charge is 0.478 e. The van der Waals surface area contributed by atoms with Gasteiger partial charge in [0, 0.05) is 18.8 Å². The number of nitrogens with one attached hydrogen (secondary N) is 1. The second-order valence-corrected chi connectivity index (χ2v) is 6.01. The zero-order chi connectivity index (χ0) is 23.4. The first-order valence-electron chi connectivity index (χ1n) is 8.76. The second-order valence-electron chi connectivity index (χ2n) is 6.01. The molecule has 2 N–H and O–H groups in total. The summed E-state index contributed by atoms with van der Waals surface area (Å²) >= 11 is 0. The average Bonchev–Trinajstić information content (AvgIpc) is 2.65. The summed E-state index contributed by atoms with van der Waals surface area (Å²) < 4.78 is 81.3. The molecule has 14 heteroatoms. The number of hydrogen-bond donors (Lipinski definition) is 2. The lowest BCUT2D eigenvalue weighted by Crippen LogP contribution is -2.47. The molecule has 2 aromatic rings. The van der Waals surface area contributed by atoms with Crippen LogP contribution in [0.2, 0.25) is 0 Å². The molecular weight excluding hydrogens is 436 g/mol. The summed E-state index contributed by atoms with van der Waals surface area (Å²) in [6, 6.07) is 4.04. The predicted molar refractivity (Wildman–Crippen MR) is 96.6 cm³/mol. The smallest absolute Gasteiger partial charge is 0.434 e. The highest BCUT2D eigenvalue weighted by atomic mass is 19.4. The number of carbonyl (C=O) groups is 1. The average molecular weight is 453 g/mol. The molecule has 0 saturated carbocycles. The summed E-state index contributed by atoms with van der Waals surface area (Å²) in [5.74, 6) is -1.90. The number of nitrogens with zero attached hydrogens (tertiary/aromatic N) is 4. The molecular formula is C17H17F6N5O3. The first kappa shape index (κ1) is 24.0. The molecule has 1 heterocycles. The lowest BCUT2D eigenvalue weighted by atomic mass is 10.2. The highest BCUT2D eigenvalue weighted by Crippen LogP contribution is 2.36. The van der Waals surface area contributed by atoms with E-state index in [4.69, 9.17) is 5.11 Å². The van der Waals surface area contributed by atoms with Gasteiger partial charge in [-0.15, -0.1) is 0 Å². The lowest BCUT2D eigenvalue weighted by molar-refractivity contribution is -0.301. The zero-order valence-corrected chi connectivity index (χ0v) is 16.1. The number of rotatable bonds is 8. The summed E-state index contributed by atoms with van der Waals surface area (Å²) in [4.78, 5) is 23.6. The lowest BCUT2D eigenvalue weighted by Gasteiger charge is -2.24. The van der Waals surface area contributed by atoms with Crippen LogP contribution < -0.4 is 15.0 Å². The predicted octanol–water partition coefficient (Wildman–Crippen LogP) is 4.03. The summed E-state index contributed by atoms with van der Waals surface area (Å²) in [6.45, 7) is 3.92. The molecule has 0 saturated heterocycles. The molecule has 0 amide bonds. The van der Waals surface area contributed by atoms with Gasteiger partial charge in [-0.25, -0.2) is 4.79 Å². The molecule has 2 rings (SSSR count). The quantitative estimate of drug-likeness (QED) is 0.578. The molecule has 0 unspecified atom stereocenters. The summed E-state index contributed by atoms with van der Waals surface area (Å²) in [7, 11) is 0. The van der Waals surface area contributed by atoms with E-state index in [2.05, 4.69) is 25.0 Å². The van der Waals surface area contributed by atoms with E-state index in [1.165, 1.54) is 29.2 Å². The number of ether oxygens (including phenoxy) is 1. The van der Waals surface area contributed by atoms with Gasteiger partial charge in [0.15, 0.2) is 0 Å². The molecule has 1 aromatic carbocycles. The van der Waals surface area contributed by atoms with Crippen molar-refractivity contribution in [2.45, 2.75) is 32.3 Å². The molecule has 0 spiro atoms. The van der Waals surface area contributed by atoms with Gasteiger partial charge in [0.05, 0.1) is 5.56 Å². The molecule has 31 heavy (non-hydrogen) atoms. The number of aromatic carboxylic acids is 1. The number of carboxylic acid groups (broad SMARTS) is 1. The minimum atomic E-state index is -5.76. The SMILES string of the molecule is CCN(CC)c1nc(Nc2cccc(C(=O)O)c2)nc(OC(C(F)(F)F)C(F)(F)F)n1. The Kier molecular flexibility index (Phi) is 7.13. The molecule has 0 aliphatic rings. The van der Waals surface area contributed by atoms with Crippen LogP contribution in [0.4, 0.5) is 43.9 Å². The third kappa shape index (κ3) is 6.33. The molecule has 0 radical (unpaired) electrons. The Bertz CT molecular complexity index is 904. The van der Waals surface area contributed by atoms with Crippen molar-refractivity contribution in [2.24, 2.45) is 0 Å². The van der Waals surface area contributed by atoms with E-state index < -0.39 is 36.4 Å². The van der Waals surface area contributed by atoms with Crippen molar-refractivity contribution < 1.29 is 41.0 Å². The van der Waals surface area contributed by atoms with Gasteiger partial charge < -0.3 is 20.1 Å². The maximum absolute atomic E-state index is 12.9. The Morgan fingerprint density at radius 3 is 2.23 bits per heavy atom. The van der Waals surface area contributed by atoms with Crippen LogP contribution in [-0.4, -0.2) is 57.6 Å². The van der Waals surface area contributed by atoms with E-state index in [-0.39, 0.29) is 30.3 Å². The van der Waals surface area contributed by atoms with E-state index >= 15 is 0 Å². The van der Waals surface area contributed by atoms with Crippen LogP contribution in [0.5, 0.6) is 6.01 Å². The van der Waals surface area contributed by atoms with Gasteiger partial charge in [-0.3, -0.25) is 0 Å². The number of anilines is 3. The van der Waals surface area contributed by atoms with Gasteiger partial charge in [0.2, 0.25) is 11.9 Å². The van der Waals surface area contributed by atoms with E-state index in [1.54, 1.807) is 13.8 Å². The zero-order valence-electron chi connectivity index (χ0n) is 16.1. The summed E-state index contributed by atoms with van der Waals surface area (Å²) in [6.07, 6.45) is -15.7. The Morgan fingerprint density at radius 1 is 1.10 bits per heavy atom. The Morgan fingerprint density at radius 2 is 1.71 bits per heavy atom. The van der Waals surface area contributed by atoms with Crippen LogP contribution in [0.1, 0.15) is 24.2 Å². The van der Waals surface area contributed by atoms with E-state index in [0.717, 1.165) is 0 Å². The molecule has 0 aliphatic heterocycles. The maximum atomic E-state index is 12.9. The van der Waals surface area contributed by atoms with Gasteiger partial charge in [-0.1, -0.05) is 6.07 Å². The van der Waals surface area contributed by atoms with E-state index in [0.29, 0.717) is 0 Å². The number of carboxylic acids is 1. The monoisotopic (exact) mass is 453 g/mol. The molecule has 0 aliphatic carbocycles. The van der Waals surface area contributed by atoms with E-state index in [1.807, 2.05) is 0 Å². The topological polar surface area (TPSA) is 100 Å².